The first kappa shape index (κ1) is 21.0. The zero-order chi connectivity index (χ0) is 20.2. The lowest BCUT2D eigenvalue weighted by atomic mass is 10.2. The summed E-state index contributed by atoms with van der Waals surface area (Å²) in [5.41, 5.74) is 1.09. The molecule has 0 aliphatic carbocycles. The van der Waals surface area contributed by atoms with Gasteiger partial charge in [0.25, 0.3) is 0 Å². The molecule has 8 nitrogen and oxygen atoms in total. The van der Waals surface area contributed by atoms with Crippen LogP contribution < -0.4 is 25.4 Å². The van der Waals surface area contributed by atoms with Crippen LogP contribution in [0.15, 0.2) is 48.5 Å². The van der Waals surface area contributed by atoms with Crippen molar-refractivity contribution in [3.8, 4) is 17.6 Å². The number of benzene rings is 2. The van der Waals surface area contributed by atoms with Gasteiger partial charge < -0.3 is 30.5 Å². The van der Waals surface area contributed by atoms with Gasteiger partial charge in [-0.05, 0) is 36.4 Å². The van der Waals surface area contributed by atoms with Gasteiger partial charge >= 0.3 is 6.03 Å². The lowest BCUT2D eigenvalue weighted by molar-refractivity contribution is 0.106. The van der Waals surface area contributed by atoms with Gasteiger partial charge in [-0.1, -0.05) is 12.1 Å². The second kappa shape index (κ2) is 11.4. The molecule has 1 atom stereocenters. The number of nitrogens with one attached hydrogen (secondary N) is 3. The van der Waals surface area contributed by atoms with Gasteiger partial charge in [0.15, 0.2) is 0 Å². The standard InChI is InChI=1S/C20H24N4O4/c1-27-18-8-6-16(7-9-18)24-20(26)23-11-10-22-13-17(25)14-28-19-5-3-2-4-15(19)12-21/h2-9,17,22,25H,10-11,13-14H2,1H3,(H2,23,24,26)/t17-/m0/s1. The Hall–Kier alpha value is -3.28. The molecule has 0 saturated heterocycles. The van der Waals surface area contributed by atoms with Gasteiger partial charge in [-0.15, -0.1) is 0 Å². The highest BCUT2D eigenvalue weighted by molar-refractivity contribution is 5.89. The van der Waals surface area contributed by atoms with Crippen molar-refractivity contribution in [2.45, 2.75) is 6.10 Å². The number of rotatable bonds is 10. The van der Waals surface area contributed by atoms with E-state index in [1.165, 1.54) is 0 Å². The number of urea groups is 1. The number of carbonyl (C=O) groups is 1. The quantitative estimate of drug-likeness (QED) is 0.464. The van der Waals surface area contributed by atoms with E-state index in [4.69, 9.17) is 14.7 Å². The van der Waals surface area contributed by atoms with E-state index in [2.05, 4.69) is 16.0 Å². The molecule has 0 fully saturated rings. The first-order valence-electron chi connectivity index (χ1n) is 8.82. The number of methoxy groups -OCH3 is 1. The van der Waals surface area contributed by atoms with Crippen molar-refractivity contribution in [2.24, 2.45) is 0 Å². The Morgan fingerprint density at radius 1 is 1.18 bits per heavy atom. The van der Waals surface area contributed by atoms with Gasteiger partial charge in [0.05, 0.1) is 12.7 Å². The van der Waals surface area contributed by atoms with Gasteiger partial charge in [0.1, 0.15) is 30.3 Å². The highest BCUT2D eigenvalue weighted by Crippen LogP contribution is 2.16. The smallest absolute Gasteiger partial charge is 0.319 e. The van der Waals surface area contributed by atoms with E-state index in [0.29, 0.717) is 42.4 Å². The predicted octanol–water partition coefficient (Wildman–Crippen LogP) is 1.72. The maximum atomic E-state index is 11.8. The normalized spacial score (nSPS) is 11.2. The molecule has 2 aromatic carbocycles. The van der Waals surface area contributed by atoms with Crippen LogP contribution in [0, 0.1) is 11.3 Å². The third-order valence-corrected chi connectivity index (χ3v) is 3.75. The summed E-state index contributed by atoms with van der Waals surface area (Å²) in [7, 11) is 1.58. The number of amides is 2. The second-order valence-corrected chi connectivity index (χ2v) is 5.89. The van der Waals surface area contributed by atoms with Gasteiger partial charge in [0.2, 0.25) is 0 Å². The highest BCUT2D eigenvalue weighted by atomic mass is 16.5. The molecular weight excluding hydrogens is 360 g/mol. The Balaban J connectivity index is 1.57. The number of para-hydroxylation sites is 1. The fraction of sp³-hybridized carbons (Fsp3) is 0.300. The summed E-state index contributed by atoms with van der Waals surface area (Å²) in [6.07, 6.45) is -0.736. The van der Waals surface area contributed by atoms with Crippen molar-refractivity contribution in [1.82, 2.24) is 10.6 Å². The predicted molar refractivity (Wildman–Crippen MR) is 106 cm³/mol. The van der Waals surface area contributed by atoms with E-state index < -0.39 is 6.10 Å². The Labute approximate surface area is 164 Å². The van der Waals surface area contributed by atoms with Crippen LogP contribution in [0.25, 0.3) is 0 Å². The first-order valence-corrected chi connectivity index (χ1v) is 8.82. The summed E-state index contributed by atoms with van der Waals surface area (Å²) in [5.74, 6) is 1.16. The molecule has 0 bridgehead atoms. The molecule has 0 aliphatic rings. The summed E-state index contributed by atoms with van der Waals surface area (Å²) < 4.78 is 10.5. The maximum Gasteiger partial charge on any atom is 0.319 e. The van der Waals surface area contributed by atoms with Crippen molar-refractivity contribution >= 4 is 11.7 Å². The first-order chi connectivity index (χ1) is 13.6. The van der Waals surface area contributed by atoms with Crippen LogP contribution in [0.2, 0.25) is 0 Å². The molecule has 148 valence electrons. The monoisotopic (exact) mass is 384 g/mol. The fourth-order valence-corrected chi connectivity index (χ4v) is 2.31. The van der Waals surface area contributed by atoms with Crippen molar-refractivity contribution < 1.29 is 19.4 Å². The number of hydrogen-bond donors (Lipinski definition) is 4. The molecule has 0 unspecified atom stereocenters. The second-order valence-electron chi connectivity index (χ2n) is 5.89. The maximum absolute atomic E-state index is 11.8. The number of aliphatic hydroxyl groups is 1. The number of ether oxygens (including phenoxy) is 2. The average molecular weight is 384 g/mol. The van der Waals surface area contributed by atoms with E-state index in [-0.39, 0.29) is 12.6 Å². The molecule has 0 aliphatic heterocycles. The zero-order valence-corrected chi connectivity index (χ0v) is 15.6. The van der Waals surface area contributed by atoms with Crippen LogP contribution >= 0.6 is 0 Å². The minimum absolute atomic E-state index is 0.0665. The number of aliphatic hydroxyl groups excluding tert-OH is 1. The summed E-state index contributed by atoms with van der Waals surface area (Å²) >= 11 is 0. The van der Waals surface area contributed by atoms with Crippen LogP contribution in [-0.4, -0.2) is 50.6 Å². The van der Waals surface area contributed by atoms with Gasteiger partial charge in [-0.25, -0.2) is 4.79 Å². The minimum atomic E-state index is -0.736. The van der Waals surface area contributed by atoms with Crippen LogP contribution in [-0.2, 0) is 0 Å². The summed E-state index contributed by atoms with van der Waals surface area (Å²) in [6, 6.07) is 15.6. The molecule has 2 aromatic rings. The lowest BCUT2D eigenvalue weighted by Gasteiger charge is -2.14. The summed E-state index contributed by atoms with van der Waals surface area (Å²) in [6.45, 7) is 1.25. The Morgan fingerprint density at radius 3 is 2.64 bits per heavy atom. The fourth-order valence-electron chi connectivity index (χ4n) is 2.31. The van der Waals surface area contributed by atoms with E-state index in [9.17, 15) is 9.90 Å². The van der Waals surface area contributed by atoms with Crippen molar-refractivity contribution in [3.63, 3.8) is 0 Å². The van der Waals surface area contributed by atoms with E-state index in [0.717, 1.165) is 0 Å². The number of carbonyl (C=O) groups excluding carboxylic acids is 1. The van der Waals surface area contributed by atoms with E-state index >= 15 is 0 Å². The summed E-state index contributed by atoms with van der Waals surface area (Å²) in [4.78, 5) is 11.8. The Bertz CT molecular complexity index is 790. The molecule has 4 N–H and O–H groups in total. The minimum Gasteiger partial charge on any atom is -0.497 e. The number of hydrogen-bond acceptors (Lipinski definition) is 6. The van der Waals surface area contributed by atoms with Crippen molar-refractivity contribution in [1.29, 1.82) is 5.26 Å². The van der Waals surface area contributed by atoms with Crippen molar-refractivity contribution in [3.05, 3.63) is 54.1 Å². The Morgan fingerprint density at radius 2 is 1.93 bits per heavy atom. The number of nitriles is 1. The number of nitrogens with zero attached hydrogens (tertiary/aromatic N) is 1. The largest absolute Gasteiger partial charge is 0.497 e. The van der Waals surface area contributed by atoms with Crippen molar-refractivity contribution in [2.75, 3.05) is 38.7 Å². The van der Waals surface area contributed by atoms with Crippen LogP contribution in [0.5, 0.6) is 11.5 Å². The molecule has 8 heteroatoms. The topological polar surface area (TPSA) is 116 Å². The van der Waals surface area contributed by atoms with Gasteiger partial charge in [0, 0.05) is 25.3 Å². The molecule has 2 rings (SSSR count). The molecule has 28 heavy (non-hydrogen) atoms. The molecular formula is C20H24N4O4. The van der Waals surface area contributed by atoms with Crippen LogP contribution in [0.4, 0.5) is 10.5 Å². The molecule has 0 aromatic heterocycles. The van der Waals surface area contributed by atoms with Crippen LogP contribution in [0.3, 0.4) is 0 Å². The van der Waals surface area contributed by atoms with Gasteiger partial charge in [-0.2, -0.15) is 5.26 Å². The zero-order valence-electron chi connectivity index (χ0n) is 15.6. The molecule has 0 spiro atoms. The van der Waals surface area contributed by atoms with E-state index in [1.807, 2.05) is 6.07 Å². The molecule has 0 heterocycles. The molecule has 0 radical (unpaired) electrons. The lowest BCUT2D eigenvalue weighted by Crippen LogP contribution is -2.38. The summed E-state index contributed by atoms with van der Waals surface area (Å²) in [5, 5.41) is 27.4. The SMILES string of the molecule is COc1ccc(NC(=O)NCCNC[C@H](O)COc2ccccc2C#N)cc1. The third-order valence-electron chi connectivity index (χ3n) is 3.75. The highest BCUT2D eigenvalue weighted by Gasteiger charge is 2.08. The molecule has 2 amide bonds. The van der Waals surface area contributed by atoms with Gasteiger partial charge in [-0.3, -0.25) is 0 Å². The molecule has 0 saturated carbocycles. The van der Waals surface area contributed by atoms with Crippen LogP contribution in [0.1, 0.15) is 5.56 Å². The number of anilines is 1. The van der Waals surface area contributed by atoms with E-state index in [1.54, 1.807) is 55.6 Å². The Kier molecular flexibility index (Phi) is 8.59. The average Bonchev–Trinajstić information content (AvgIpc) is 2.72. The third kappa shape index (κ3) is 7.15.